The number of hydrogen-bond donors (Lipinski definition) is 2. The summed E-state index contributed by atoms with van der Waals surface area (Å²) in [5.41, 5.74) is -0.600. The van der Waals surface area contributed by atoms with Crippen LogP contribution in [0.25, 0.3) is 0 Å². The van der Waals surface area contributed by atoms with Gasteiger partial charge in [0.25, 0.3) is 0 Å². The second-order valence-electron chi connectivity index (χ2n) is 3.03. The highest BCUT2D eigenvalue weighted by atomic mass is 35.5. The predicted octanol–water partition coefficient (Wildman–Crippen LogP) is 2.23. The maximum atomic E-state index is 12.9. The molecule has 88 valence electrons. The molecular weight excluding hydrogens is 249 g/mol. The largest absolute Gasteiger partial charge is 0.477 e. The van der Waals surface area contributed by atoms with E-state index in [-0.39, 0.29) is 5.02 Å². The lowest BCUT2D eigenvalue weighted by Crippen LogP contribution is -2.35. The lowest BCUT2D eigenvalue weighted by molar-refractivity contribution is -0.182. The lowest BCUT2D eigenvalue weighted by atomic mass is 10.0. The molecule has 1 aromatic carbocycles. The molecule has 2 N–H and O–H groups in total. The molecule has 0 saturated carbocycles. The van der Waals surface area contributed by atoms with Gasteiger partial charge in [-0.2, -0.15) is 8.78 Å². The minimum absolute atomic E-state index is 0.213. The van der Waals surface area contributed by atoms with Crippen LogP contribution in [0.3, 0.4) is 0 Å². The molecule has 1 unspecified atom stereocenters. The van der Waals surface area contributed by atoms with Crippen molar-refractivity contribution in [2.24, 2.45) is 0 Å². The topological polar surface area (TPSA) is 57.5 Å². The van der Waals surface area contributed by atoms with E-state index in [1.54, 1.807) is 0 Å². The molecule has 0 heterocycles. The van der Waals surface area contributed by atoms with E-state index in [4.69, 9.17) is 21.8 Å². The van der Waals surface area contributed by atoms with Crippen molar-refractivity contribution >= 4 is 17.6 Å². The summed E-state index contributed by atoms with van der Waals surface area (Å²) in [5.74, 6) is -7.85. The molecular formula is C9H6ClF3O3. The fourth-order valence-electron chi connectivity index (χ4n) is 1.06. The summed E-state index contributed by atoms with van der Waals surface area (Å²) in [6, 6.07) is 2.30. The van der Waals surface area contributed by atoms with Crippen molar-refractivity contribution in [2.45, 2.75) is 12.0 Å². The van der Waals surface area contributed by atoms with Crippen molar-refractivity contribution in [3.63, 3.8) is 0 Å². The number of halogens is 4. The van der Waals surface area contributed by atoms with Crippen LogP contribution in [0.4, 0.5) is 13.2 Å². The second kappa shape index (κ2) is 4.31. The van der Waals surface area contributed by atoms with E-state index in [9.17, 15) is 18.0 Å². The number of carboxylic acid groups (broad SMARTS) is 1. The smallest absolute Gasteiger partial charge is 0.377 e. The van der Waals surface area contributed by atoms with Crippen LogP contribution in [-0.2, 0) is 4.79 Å². The number of carbonyl (C=O) groups is 1. The zero-order chi connectivity index (χ0) is 12.5. The van der Waals surface area contributed by atoms with E-state index in [0.29, 0.717) is 6.07 Å². The summed E-state index contributed by atoms with van der Waals surface area (Å²) in [7, 11) is 0. The number of benzene rings is 1. The molecule has 0 aliphatic heterocycles. The van der Waals surface area contributed by atoms with Crippen LogP contribution < -0.4 is 0 Å². The number of aliphatic hydroxyl groups excluding tert-OH is 1. The number of carboxylic acids is 1. The molecule has 1 atom stereocenters. The molecule has 0 aliphatic rings. The summed E-state index contributed by atoms with van der Waals surface area (Å²) in [6.45, 7) is 0. The summed E-state index contributed by atoms with van der Waals surface area (Å²) in [6.07, 6.45) is -2.65. The van der Waals surface area contributed by atoms with Crippen LogP contribution >= 0.6 is 11.6 Å². The molecule has 0 amide bonds. The Hall–Kier alpha value is -1.27. The van der Waals surface area contributed by atoms with Crippen LogP contribution in [0.15, 0.2) is 18.2 Å². The molecule has 7 heteroatoms. The Morgan fingerprint density at radius 1 is 1.38 bits per heavy atom. The minimum Gasteiger partial charge on any atom is -0.477 e. The van der Waals surface area contributed by atoms with E-state index in [1.807, 2.05) is 0 Å². The van der Waals surface area contributed by atoms with E-state index >= 15 is 0 Å². The van der Waals surface area contributed by atoms with Gasteiger partial charge in [0, 0.05) is 5.02 Å². The van der Waals surface area contributed by atoms with Gasteiger partial charge in [0.15, 0.2) is 6.10 Å². The third kappa shape index (κ3) is 2.45. The SMILES string of the molecule is O=C(O)C(F)(F)C(O)c1cc(F)cc(Cl)c1. The average molecular weight is 255 g/mol. The Morgan fingerprint density at radius 2 is 1.94 bits per heavy atom. The number of rotatable bonds is 3. The summed E-state index contributed by atoms with van der Waals surface area (Å²) in [4.78, 5) is 10.2. The number of alkyl halides is 2. The van der Waals surface area contributed by atoms with Crippen molar-refractivity contribution < 1.29 is 28.2 Å². The molecule has 0 spiro atoms. The lowest BCUT2D eigenvalue weighted by Gasteiger charge is -2.18. The molecule has 1 rings (SSSR count). The molecule has 3 nitrogen and oxygen atoms in total. The van der Waals surface area contributed by atoms with E-state index in [0.717, 1.165) is 12.1 Å². The zero-order valence-corrected chi connectivity index (χ0v) is 8.38. The summed E-state index contributed by atoms with van der Waals surface area (Å²) < 4.78 is 38.5. The molecule has 0 aliphatic carbocycles. The molecule has 0 fully saturated rings. The van der Waals surface area contributed by atoms with Crippen molar-refractivity contribution in [1.29, 1.82) is 0 Å². The van der Waals surface area contributed by atoms with Crippen LogP contribution in [0.2, 0.25) is 5.02 Å². The Balaban J connectivity index is 3.14. The van der Waals surface area contributed by atoms with E-state index in [1.165, 1.54) is 0 Å². The first kappa shape index (κ1) is 12.8. The molecule has 1 aromatic rings. The zero-order valence-electron chi connectivity index (χ0n) is 7.62. The maximum absolute atomic E-state index is 12.9. The monoisotopic (exact) mass is 254 g/mol. The van der Waals surface area contributed by atoms with Crippen LogP contribution in [0.5, 0.6) is 0 Å². The van der Waals surface area contributed by atoms with E-state index < -0.39 is 29.4 Å². The number of aliphatic carboxylic acids is 1. The number of hydrogen-bond acceptors (Lipinski definition) is 2. The quantitative estimate of drug-likeness (QED) is 0.870. The predicted molar refractivity (Wildman–Crippen MR) is 49.0 cm³/mol. The van der Waals surface area contributed by atoms with Crippen LogP contribution in [0.1, 0.15) is 11.7 Å². The Bertz CT molecular complexity index is 402. The molecule has 0 aromatic heterocycles. The highest BCUT2D eigenvalue weighted by Gasteiger charge is 2.47. The first-order valence-corrected chi connectivity index (χ1v) is 4.38. The van der Waals surface area contributed by atoms with Gasteiger partial charge >= 0.3 is 11.9 Å². The Labute approximate surface area is 93.1 Å². The highest BCUT2D eigenvalue weighted by Crippen LogP contribution is 2.33. The van der Waals surface area contributed by atoms with Gasteiger partial charge in [-0.25, -0.2) is 9.18 Å². The van der Waals surface area contributed by atoms with Gasteiger partial charge in [-0.3, -0.25) is 0 Å². The van der Waals surface area contributed by atoms with Crippen molar-refractivity contribution in [3.05, 3.63) is 34.6 Å². The first-order chi connectivity index (χ1) is 7.25. The van der Waals surface area contributed by atoms with Gasteiger partial charge in [0.2, 0.25) is 0 Å². The van der Waals surface area contributed by atoms with Crippen LogP contribution in [-0.4, -0.2) is 22.1 Å². The highest BCUT2D eigenvalue weighted by molar-refractivity contribution is 6.30. The number of aliphatic hydroxyl groups is 1. The molecule has 0 bridgehead atoms. The Morgan fingerprint density at radius 3 is 2.38 bits per heavy atom. The maximum Gasteiger partial charge on any atom is 0.377 e. The summed E-state index contributed by atoms with van der Waals surface area (Å²) in [5, 5.41) is 17.1. The average Bonchev–Trinajstić information content (AvgIpc) is 2.14. The van der Waals surface area contributed by atoms with Gasteiger partial charge in [0.05, 0.1) is 0 Å². The minimum atomic E-state index is -4.41. The van der Waals surface area contributed by atoms with Gasteiger partial charge in [0.1, 0.15) is 5.82 Å². The standard InChI is InChI=1S/C9H6ClF3O3/c10-5-1-4(2-6(11)3-5)7(14)9(12,13)8(15)16/h1-3,7,14H,(H,15,16). The van der Waals surface area contributed by atoms with Gasteiger partial charge < -0.3 is 10.2 Å². The first-order valence-electron chi connectivity index (χ1n) is 4.00. The van der Waals surface area contributed by atoms with Crippen molar-refractivity contribution in [3.8, 4) is 0 Å². The normalized spacial score (nSPS) is 13.6. The Kier molecular flexibility index (Phi) is 3.44. The van der Waals surface area contributed by atoms with Gasteiger partial charge in [-0.1, -0.05) is 11.6 Å². The third-order valence-electron chi connectivity index (χ3n) is 1.83. The fourth-order valence-corrected chi connectivity index (χ4v) is 1.29. The van der Waals surface area contributed by atoms with Gasteiger partial charge in [-0.05, 0) is 23.8 Å². The van der Waals surface area contributed by atoms with Crippen molar-refractivity contribution in [1.82, 2.24) is 0 Å². The fraction of sp³-hybridized carbons (Fsp3) is 0.222. The molecule has 0 radical (unpaired) electrons. The van der Waals surface area contributed by atoms with Crippen LogP contribution in [0, 0.1) is 5.82 Å². The van der Waals surface area contributed by atoms with Crippen molar-refractivity contribution in [2.75, 3.05) is 0 Å². The third-order valence-corrected chi connectivity index (χ3v) is 2.05. The van der Waals surface area contributed by atoms with Gasteiger partial charge in [-0.15, -0.1) is 0 Å². The second-order valence-corrected chi connectivity index (χ2v) is 3.47. The summed E-state index contributed by atoms with van der Waals surface area (Å²) >= 11 is 5.38. The molecule has 16 heavy (non-hydrogen) atoms. The van der Waals surface area contributed by atoms with E-state index in [2.05, 4.69) is 0 Å². The molecule has 0 saturated heterocycles.